The van der Waals surface area contributed by atoms with Crippen molar-refractivity contribution in [1.29, 1.82) is 0 Å². The van der Waals surface area contributed by atoms with Crippen molar-refractivity contribution in [2.24, 2.45) is 5.92 Å². The van der Waals surface area contributed by atoms with Crippen molar-refractivity contribution in [2.45, 2.75) is 32.8 Å². The molecule has 0 saturated heterocycles. The van der Waals surface area contributed by atoms with E-state index in [-0.39, 0.29) is 6.10 Å². The number of hydrogen-bond acceptors (Lipinski definition) is 1. The minimum atomic E-state index is -0.359. The van der Waals surface area contributed by atoms with Crippen LogP contribution in [-0.4, -0.2) is 5.11 Å². The predicted octanol–water partition coefficient (Wildman–Crippen LogP) is 3.40. The summed E-state index contributed by atoms with van der Waals surface area (Å²) in [6.45, 7) is 4.09. The van der Waals surface area contributed by atoms with Gasteiger partial charge in [0.2, 0.25) is 0 Å². The van der Waals surface area contributed by atoms with Gasteiger partial charge < -0.3 is 5.11 Å². The van der Waals surface area contributed by atoms with Crippen molar-refractivity contribution in [3.63, 3.8) is 0 Å². The first-order valence-electron chi connectivity index (χ1n) is 5.04. The zero-order chi connectivity index (χ0) is 10.3. The third kappa shape index (κ3) is 1.79. The molecule has 1 saturated carbocycles. The van der Waals surface area contributed by atoms with Crippen LogP contribution in [0.5, 0.6) is 0 Å². The number of benzene rings is 1. The molecule has 1 fully saturated rings. The molecule has 0 aliphatic heterocycles. The number of aliphatic hydroxyl groups excluding tert-OH is 1. The van der Waals surface area contributed by atoms with Crippen LogP contribution in [0.4, 0.5) is 0 Å². The minimum Gasteiger partial charge on any atom is -0.388 e. The van der Waals surface area contributed by atoms with E-state index < -0.39 is 0 Å². The lowest BCUT2D eigenvalue weighted by Crippen LogP contribution is -2.01. The van der Waals surface area contributed by atoms with Gasteiger partial charge in [0.05, 0.1) is 6.10 Å². The van der Waals surface area contributed by atoms with Crippen LogP contribution in [0.2, 0.25) is 5.02 Å². The lowest BCUT2D eigenvalue weighted by Gasteiger charge is -2.13. The van der Waals surface area contributed by atoms with Gasteiger partial charge in [0.1, 0.15) is 0 Å². The highest BCUT2D eigenvalue weighted by atomic mass is 35.5. The van der Waals surface area contributed by atoms with Crippen LogP contribution in [0.25, 0.3) is 0 Å². The predicted molar refractivity (Wildman–Crippen MR) is 58.6 cm³/mol. The molecule has 1 aliphatic carbocycles. The Labute approximate surface area is 89.7 Å². The Bertz CT molecular complexity index is 356. The third-order valence-corrected chi connectivity index (χ3v) is 3.33. The van der Waals surface area contributed by atoms with Gasteiger partial charge in [-0.05, 0) is 55.4 Å². The molecule has 14 heavy (non-hydrogen) atoms. The Balaban J connectivity index is 2.36. The monoisotopic (exact) mass is 210 g/mol. The summed E-state index contributed by atoms with van der Waals surface area (Å²) in [5.41, 5.74) is 3.28. The Morgan fingerprint density at radius 1 is 1.29 bits per heavy atom. The second-order valence-corrected chi connectivity index (χ2v) is 4.65. The molecule has 1 atom stereocenters. The van der Waals surface area contributed by atoms with E-state index in [4.69, 9.17) is 11.6 Å². The van der Waals surface area contributed by atoms with E-state index >= 15 is 0 Å². The molecular weight excluding hydrogens is 196 g/mol. The molecule has 0 heterocycles. The second-order valence-electron chi connectivity index (χ2n) is 4.24. The molecular formula is C12H15ClO. The highest BCUT2D eigenvalue weighted by Crippen LogP contribution is 2.43. The Hall–Kier alpha value is -0.530. The van der Waals surface area contributed by atoms with Crippen LogP contribution in [-0.2, 0) is 0 Å². The molecule has 0 aromatic heterocycles. The highest BCUT2D eigenvalue weighted by Gasteiger charge is 2.32. The number of aliphatic hydroxyl groups is 1. The first-order valence-corrected chi connectivity index (χ1v) is 5.42. The van der Waals surface area contributed by atoms with Gasteiger partial charge in [-0.2, -0.15) is 0 Å². The molecule has 1 aromatic rings. The largest absolute Gasteiger partial charge is 0.388 e. The van der Waals surface area contributed by atoms with Gasteiger partial charge in [0.25, 0.3) is 0 Å². The summed E-state index contributed by atoms with van der Waals surface area (Å²) in [5, 5.41) is 10.7. The van der Waals surface area contributed by atoms with Crippen molar-refractivity contribution in [1.82, 2.24) is 0 Å². The molecule has 1 aromatic carbocycles. The number of rotatable bonds is 2. The SMILES string of the molecule is Cc1cc(Cl)c(C(O)C2CC2)cc1C. The molecule has 2 heteroatoms. The molecule has 1 nitrogen and oxygen atoms in total. The van der Waals surface area contributed by atoms with E-state index in [2.05, 4.69) is 6.92 Å². The fourth-order valence-electron chi connectivity index (χ4n) is 1.70. The molecule has 0 spiro atoms. The zero-order valence-corrected chi connectivity index (χ0v) is 9.30. The normalized spacial score (nSPS) is 18.3. The van der Waals surface area contributed by atoms with Crippen LogP contribution >= 0.6 is 11.6 Å². The van der Waals surface area contributed by atoms with E-state index in [1.807, 2.05) is 19.1 Å². The van der Waals surface area contributed by atoms with Crippen molar-refractivity contribution in [2.75, 3.05) is 0 Å². The van der Waals surface area contributed by atoms with E-state index in [9.17, 15) is 5.11 Å². The van der Waals surface area contributed by atoms with Gasteiger partial charge in [0.15, 0.2) is 0 Å². The maximum absolute atomic E-state index is 9.97. The minimum absolute atomic E-state index is 0.359. The Morgan fingerprint density at radius 3 is 2.43 bits per heavy atom. The smallest absolute Gasteiger partial charge is 0.0832 e. The van der Waals surface area contributed by atoms with E-state index in [0.717, 1.165) is 18.4 Å². The first kappa shape index (κ1) is 10.0. The van der Waals surface area contributed by atoms with Gasteiger partial charge >= 0.3 is 0 Å². The average Bonchev–Trinajstić information content (AvgIpc) is 2.93. The van der Waals surface area contributed by atoms with Gasteiger partial charge in [-0.3, -0.25) is 0 Å². The third-order valence-electron chi connectivity index (χ3n) is 3.00. The fourth-order valence-corrected chi connectivity index (χ4v) is 2.03. The van der Waals surface area contributed by atoms with Crippen LogP contribution in [0.15, 0.2) is 12.1 Å². The molecule has 0 bridgehead atoms. The lowest BCUT2D eigenvalue weighted by atomic mass is 10.00. The van der Waals surface area contributed by atoms with Gasteiger partial charge in [-0.1, -0.05) is 17.7 Å². The summed E-state index contributed by atoms with van der Waals surface area (Å²) >= 11 is 6.11. The second kappa shape index (κ2) is 3.56. The first-order chi connectivity index (χ1) is 6.59. The van der Waals surface area contributed by atoms with Crippen molar-refractivity contribution < 1.29 is 5.11 Å². The number of halogens is 1. The van der Waals surface area contributed by atoms with Gasteiger partial charge in [-0.15, -0.1) is 0 Å². The summed E-state index contributed by atoms with van der Waals surface area (Å²) in [4.78, 5) is 0. The van der Waals surface area contributed by atoms with Gasteiger partial charge in [-0.25, -0.2) is 0 Å². The summed E-state index contributed by atoms with van der Waals surface area (Å²) in [6.07, 6.45) is 1.90. The molecule has 0 amide bonds. The maximum atomic E-state index is 9.97. The molecule has 76 valence electrons. The van der Waals surface area contributed by atoms with Crippen molar-refractivity contribution in [3.8, 4) is 0 Å². The van der Waals surface area contributed by atoms with Crippen LogP contribution in [0.3, 0.4) is 0 Å². The molecule has 1 aliphatic rings. The number of hydrogen-bond donors (Lipinski definition) is 1. The van der Waals surface area contributed by atoms with Crippen LogP contribution < -0.4 is 0 Å². The fraction of sp³-hybridized carbons (Fsp3) is 0.500. The molecule has 0 radical (unpaired) electrons. The standard InChI is InChI=1S/C12H15ClO/c1-7-5-10(11(13)6-8(7)2)12(14)9-3-4-9/h5-6,9,12,14H,3-4H2,1-2H3. The summed E-state index contributed by atoms with van der Waals surface area (Å²) in [7, 11) is 0. The summed E-state index contributed by atoms with van der Waals surface area (Å²) in [5.74, 6) is 0.439. The molecule has 2 rings (SSSR count). The van der Waals surface area contributed by atoms with E-state index in [0.29, 0.717) is 10.9 Å². The van der Waals surface area contributed by atoms with E-state index in [1.54, 1.807) is 0 Å². The topological polar surface area (TPSA) is 20.2 Å². The van der Waals surface area contributed by atoms with Gasteiger partial charge in [0, 0.05) is 5.02 Å². The molecule has 1 N–H and O–H groups in total. The van der Waals surface area contributed by atoms with Crippen molar-refractivity contribution in [3.05, 3.63) is 33.8 Å². The Kier molecular flexibility index (Phi) is 2.54. The lowest BCUT2D eigenvalue weighted by molar-refractivity contribution is 0.154. The van der Waals surface area contributed by atoms with E-state index in [1.165, 1.54) is 11.1 Å². The highest BCUT2D eigenvalue weighted by molar-refractivity contribution is 6.31. The van der Waals surface area contributed by atoms with Crippen LogP contribution in [0.1, 0.15) is 35.6 Å². The summed E-state index contributed by atoms with van der Waals surface area (Å²) < 4.78 is 0. The number of aryl methyl sites for hydroxylation is 2. The van der Waals surface area contributed by atoms with Crippen molar-refractivity contribution >= 4 is 11.6 Å². The summed E-state index contributed by atoms with van der Waals surface area (Å²) in [6, 6.07) is 3.96. The quantitative estimate of drug-likeness (QED) is 0.794. The zero-order valence-electron chi connectivity index (χ0n) is 8.55. The van der Waals surface area contributed by atoms with Crippen LogP contribution in [0, 0.1) is 19.8 Å². The average molecular weight is 211 g/mol. The molecule has 1 unspecified atom stereocenters. The maximum Gasteiger partial charge on any atom is 0.0832 e. The Morgan fingerprint density at radius 2 is 1.86 bits per heavy atom.